The minimum atomic E-state index is -0.408. The van der Waals surface area contributed by atoms with E-state index in [1.165, 1.54) is 0 Å². The van der Waals surface area contributed by atoms with E-state index in [1.54, 1.807) is 6.92 Å². The second-order valence-electron chi connectivity index (χ2n) is 5.23. The van der Waals surface area contributed by atoms with Crippen molar-refractivity contribution in [1.82, 2.24) is 0 Å². The lowest BCUT2D eigenvalue weighted by atomic mass is 10.4. The third kappa shape index (κ3) is 20.7. The molecule has 0 aromatic carbocycles. The highest BCUT2D eigenvalue weighted by molar-refractivity contribution is 5.86. The molecule has 0 aromatic heterocycles. The number of rotatable bonds is 20. The quantitative estimate of drug-likeness (QED) is 0.131. The van der Waals surface area contributed by atoms with Crippen LogP contribution in [0.4, 0.5) is 0 Å². The van der Waals surface area contributed by atoms with Crippen LogP contribution in [0.5, 0.6) is 0 Å². The van der Waals surface area contributed by atoms with Crippen LogP contribution in [0.25, 0.3) is 0 Å². The minimum Gasteiger partial charge on any atom is -0.460 e. The Hall–Kier alpha value is -1.47. The average molecular weight is 388 g/mol. The van der Waals surface area contributed by atoms with Crippen LogP contribution in [0.2, 0.25) is 0 Å². The number of hydrogen-bond donors (Lipinski definition) is 0. The van der Waals surface area contributed by atoms with Crippen LogP contribution in [-0.4, -0.2) is 91.9 Å². The SMILES string of the molecule is C#CCOCCOCCOCCOCCOCCOCCOC(=O)C(=C)C. The van der Waals surface area contributed by atoms with Gasteiger partial charge in [-0.2, -0.15) is 0 Å². The molecule has 0 spiro atoms. The first-order chi connectivity index (χ1) is 13.2. The summed E-state index contributed by atoms with van der Waals surface area (Å²) in [6.07, 6.45) is 5.04. The fourth-order valence-corrected chi connectivity index (χ4v) is 1.55. The average Bonchev–Trinajstić information content (AvgIpc) is 2.66. The van der Waals surface area contributed by atoms with E-state index in [2.05, 4.69) is 12.5 Å². The third-order valence-corrected chi connectivity index (χ3v) is 2.85. The molecule has 0 aliphatic rings. The molecule has 8 nitrogen and oxygen atoms in total. The molecule has 0 atom stereocenters. The molecule has 0 fully saturated rings. The predicted molar refractivity (Wildman–Crippen MR) is 99.5 cm³/mol. The summed E-state index contributed by atoms with van der Waals surface area (Å²) in [5, 5.41) is 0. The van der Waals surface area contributed by atoms with E-state index in [-0.39, 0.29) is 6.61 Å². The van der Waals surface area contributed by atoms with Gasteiger partial charge in [-0.15, -0.1) is 6.42 Å². The van der Waals surface area contributed by atoms with E-state index in [4.69, 9.17) is 39.6 Å². The fraction of sp³-hybridized carbons (Fsp3) is 0.737. The Morgan fingerprint density at radius 3 is 1.37 bits per heavy atom. The highest BCUT2D eigenvalue weighted by atomic mass is 16.6. The Kier molecular flexibility index (Phi) is 19.7. The van der Waals surface area contributed by atoms with Gasteiger partial charge in [0.1, 0.15) is 13.2 Å². The Labute approximate surface area is 162 Å². The molecule has 27 heavy (non-hydrogen) atoms. The predicted octanol–water partition coefficient (Wildman–Crippen LogP) is 0.839. The first-order valence-corrected chi connectivity index (χ1v) is 8.91. The van der Waals surface area contributed by atoms with Crippen LogP contribution < -0.4 is 0 Å². The number of esters is 1. The number of hydrogen-bond acceptors (Lipinski definition) is 8. The van der Waals surface area contributed by atoms with Crippen LogP contribution in [0.1, 0.15) is 6.92 Å². The second-order valence-corrected chi connectivity index (χ2v) is 5.23. The van der Waals surface area contributed by atoms with Crippen LogP contribution in [0, 0.1) is 12.3 Å². The molecule has 0 aromatic rings. The zero-order valence-corrected chi connectivity index (χ0v) is 16.2. The van der Waals surface area contributed by atoms with Crippen molar-refractivity contribution in [2.75, 3.05) is 85.9 Å². The lowest BCUT2D eigenvalue weighted by Crippen LogP contribution is -2.15. The Bertz CT molecular complexity index is 405. The Morgan fingerprint density at radius 1 is 0.704 bits per heavy atom. The molecular weight excluding hydrogens is 356 g/mol. The molecule has 156 valence electrons. The van der Waals surface area contributed by atoms with E-state index in [1.807, 2.05) is 0 Å². The fourth-order valence-electron chi connectivity index (χ4n) is 1.55. The van der Waals surface area contributed by atoms with Gasteiger partial charge in [-0.3, -0.25) is 0 Å². The minimum absolute atomic E-state index is 0.208. The summed E-state index contributed by atoms with van der Waals surface area (Å²) in [6.45, 7) is 10.8. The van der Waals surface area contributed by atoms with E-state index < -0.39 is 5.97 Å². The van der Waals surface area contributed by atoms with Crippen molar-refractivity contribution in [3.63, 3.8) is 0 Å². The topological polar surface area (TPSA) is 81.7 Å². The summed E-state index contributed by atoms with van der Waals surface area (Å²) in [5.41, 5.74) is 0.374. The van der Waals surface area contributed by atoms with Crippen molar-refractivity contribution in [3.8, 4) is 12.3 Å². The molecule has 0 saturated carbocycles. The maximum atomic E-state index is 11.1. The van der Waals surface area contributed by atoms with Gasteiger partial charge in [-0.25, -0.2) is 4.79 Å². The largest absolute Gasteiger partial charge is 0.460 e. The Balaban J connectivity index is 3.06. The van der Waals surface area contributed by atoms with Crippen molar-refractivity contribution in [3.05, 3.63) is 12.2 Å². The second kappa shape index (κ2) is 20.8. The maximum Gasteiger partial charge on any atom is 0.333 e. The third-order valence-electron chi connectivity index (χ3n) is 2.85. The molecule has 0 heterocycles. The molecule has 0 aliphatic heterocycles. The van der Waals surface area contributed by atoms with Crippen molar-refractivity contribution >= 4 is 5.97 Å². The van der Waals surface area contributed by atoms with Gasteiger partial charge in [-0.1, -0.05) is 12.5 Å². The molecule has 8 heteroatoms. The normalized spacial score (nSPS) is 10.5. The van der Waals surface area contributed by atoms with E-state index in [0.717, 1.165) is 0 Å². The van der Waals surface area contributed by atoms with Crippen LogP contribution in [0.3, 0.4) is 0 Å². The molecule has 0 N–H and O–H groups in total. The molecule has 0 radical (unpaired) electrons. The van der Waals surface area contributed by atoms with Gasteiger partial charge >= 0.3 is 5.97 Å². The van der Waals surface area contributed by atoms with Gasteiger partial charge in [0.2, 0.25) is 0 Å². The van der Waals surface area contributed by atoms with E-state index in [0.29, 0.717) is 84.9 Å². The highest BCUT2D eigenvalue weighted by Crippen LogP contribution is 1.91. The summed E-state index contributed by atoms with van der Waals surface area (Å²) in [4.78, 5) is 11.1. The van der Waals surface area contributed by atoms with Crippen molar-refractivity contribution in [1.29, 1.82) is 0 Å². The van der Waals surface area contributed by atoms with Gasteiger partial charge in [0.25, 0.3) is 0 Å². The standard InChI is InChI=1S/C19H32O8/c1-4-5-21-6-7-22-8-9-23-10-11-24-12-13-25-14-15-26-16-17-27-19(20)18(2)3/h1H,2,5-17H2,3H3. The highest BCUT2D eigenvalue weighted by Gasteiger charge is 2.01. The molecule has 0 bridgehead atoms. The number of terminal acetylenes is 1. The van der Waals surface area contributed by atoms with Gasteiger partial charge in [0.15, 0.2) is 0 Å². The number of carbonyl (C=O) groups excluding carboxylic acids is 1. The lowest BCUT2D eigenvalue weighted by molar-refractivity contribution is -0.140. The van der Waals surface area contributed by atoms with Crippen molar-refractivity contribution < 1.29 is 38.0 Å². The summed E-state index contributed by atoms with van der Waals surface area (Å²) < 4.78 is 36.5. The van der Waals surface area contributed by atoms with Crippen LogP contribution >= 0.6 is 0 Å². The smallest absolute Gasteiger partial charge is 0.333 e. The molecule has 0 amide bonds. The monoisotopic (exact) mass is 388 g/mol. The molecule has 0 rings (SSSR count). The maximum absolute atomic E-state index is 11.1. The lowest BCUT2D eigenvalue weighted by Gasteiger charge is -2.08. The van der Waals surface area contributed by atoms with Crippen LogP contribution in [0.15, 0.2) is 12.2 Å². The van der Waals surface area contributed by atoms with Gasteiger partial charge in [0.05, 0.1) is 72.7 Å². The van der Waals surface area contributed by atoms with E-state index >= 15 is 0 Å². The molecule has 0 aliphatic carbocycles. The van der Waals surface area contributed by atoms with Gasteiger partial charge < -0.3 is 33.2 Å². The van der Waals surface area contributed by atoms with E-state index in [9.17, 15) is 4.79 Å². The summed E-state index contributed by atoms with van der Waals surface area (Å²) >= 11 is 0. The van der Waals surface area contributed by atoms with Crippen molar-refractivity contribution in [2.45, 2.75) is 6.92 Å². The number of carbonyl (C=O) groups is 1. The van der Waals surface area contributed by atoms with Gasteiger partial charge in [0, 0.05) is 5.57 Å². The summed E-state index contributed by atoms with van der Waals surface area (Å²) in [5.74, 6) is 1.97. The zero-order valence-electron chi connectivity index (χ0n) is 16.2. The zero-order chi connectivity index (χ0) is 20.0. The molecule has 0 saturated heterocycles. The summed E-state index contributed by atoms with van der Waals surface area (Å²) in [6, 6.07) is 0. The van der Waals surface area contributed by atoms with Gasteiger partial charge in [-0.05, 0) is 6.92 Å². The first-order valence-electron chi connectivity index (χ1n) is 8.91. The summed E-state index contributed by atoms with van der Waals surface area (Å²) in [7, 11) is 0. The molecule has 0 unspecified atom stereocenters. The first kappa shape index (κ1) is 25.5. The number of ether oxygens (including phenoxy) is 7. The van der Waals surface area contributed by atoms with Crippen molar-refractivity contribution in [2.24, 2.45) is 0 Å². The Morgan fingerprint density at radius 2 is 1.04 bits per heavy atom. The molecular formula is C19H32O8. The van der Waals surface area contributed by atoms with Crippen LogP contribution in [-0.2, 0) is 38.0 Å².